The minimum absolute atomic E-state index is 0.278. The first-order chi connectivity index (χ1) is 7.62. The highest BCUT2D eigenvalue weighted by Crippen LogP contribution is 2.32. The molecule has 16 heavy (non-hydrogen) atoms. The summed E-state index contributed by atoms with van der Waals surface area (Å²) in [6.07, 6.45) is 2.66. The van der Waals surface area contributed by atoms with Crippen LogP contribution in [0.5, 0.6) is 0 Å². The van der Waals surface area contributed by atoms with E-state index in [4.69, 9.17) is 4.74 Å². The van der Waals surface area contributed by atoms with E-state index in [9.17, 15) is 9.90 Å². The van der Waals surface area contributed by atoms with Crippen LogP contribution < -0.4 is 0 Å². The van der Waals surface area contributed by atoms with Gasteiger partial charge in [0.05, 0.1) is 12.0 Å². The molecule has 1 unspecified atom stereocenters. The van der Waals surface area contributed by atoms with Gasteiger partial charge in [-0.05, 0) is 34.5 Å². The van der Waals surface area contributed by atoms with Crippen LogP contribution in [0.1, 0.15) is 12.1 Å². The number of carbonyl (C=O) groups is 1. The van der Waals surface area contributed by atoms with E-state index < -0.39 is 11.4 Å². The summed E-state index contributed by atoms with van der Waals surface area (Å²) in [5.41, 5.74) is -0.00279. The smallest absolute Gasteiger partial charge is 0.312 e. The molecule has 4 nitrogen and oxygen atoms in total. The summed E-state index contributed by atoms with van der Waals surface area (Å²) >= 11 is 3.30. The van der Waals surface area contributed by atoms with Gasteiger partial charge in [-0.1, -0.05) is 0 Å². The van der Waals surface area contributed by atoms with Gasteiger partial charge in [0.2, 0.25) is 0 Å². The lowest BCUT2D eigenvalue weighted by Crippen LogP contribution is -2.34. The third-order valence-electron chi connectivity index (χ3n) is 2.87. The van der Waals surface area contributed by atoms with E-state index >= 15 is 0 Å². The number of nitrogens with zero attached hydrogens (tertiary/aromatic N) is 1. The molecule has 1 fully saturated rings. The van der Waals surface area contributed by atoms with Crippen molar-refractivity contribution in [1.29, 1.82) is 0 Å². The van der Waals surface area contributed by atoms with Crippen LogP contribution >= 0.6 is 15.9 Å². The van der Waals surface area contributed by atoms with Crippen LogP contribution in [0.4, 0.5) is 0 Å². The Morgan fingerprint density at radius 2 is 2.44 bits per heavy atom. The van der Waals surface area contributed by atoms with Crippen molar-refractivity contribution in [2.75, 3.05) is 13.2 Å². The zero-order valence-corrected chi connectivity index (χ0v) is 10.2. The molecule has 0 aliphatic carbocycles. The molecule has 2 heterocycles. The van der Waals surface area contributed by atoms with Gasteiger partial charge in [-0.3, -0.25) is 9.78 Å². The second-order valence-corrected chi connectivity index (χ2v) is 4.95. The molecule has 0 bridgehead atoms. The van der Waals surface area contributed by atoms with Crippen LogP contribution in [0, 0.1) is 5.41 Å². The van der Waals surface area contributed by atoms with Gasteiger partial charge in [0.25, 0.3) is 0 Å². The molecule has 1 aromatic heterocycles. The maximum Gasteiger partial charge on any atom is 0.312 e. The van der Waals surface area contributed by atoms with Crippen LogP contribution in [0.2, 0.25) is 0 Å². The largest absolute Gasteiger partial charge is 0.481 e. The minimum atomic E-state index is -0.797. The molecule has 0 radical (unpaired) electrons. The Balaban J connectivity index is 2.18. The number of hydrogen-bond acceptors (Lipinski definition) is 3. The zero-order chi connectivity index (χ0) is 11.6. The normalized spacial score (nSPS) is 24.6. The van der Waals surface area contributed by atoms with E-state index in [-0.39, 0.29) is 6.61 Å². The van der Waals surface area contributed by atoms with Gasteiger partial charge < -0.3 is 9.84 Å². The highest BCUT2D eigenvalue weighted by atomic mass is 79.9. The lowest BCUT2D eigenvalue weighted by molar-refractivity contribution is -0.148. The first-order valence-corrected chi connectivity index (χ1v) is 5.83. The Bertz CT molecular complexity index is 385. The molecular formula is C11H12BrNO3. The fourth-order valence-corrected chi connectivity index (χ4v) is 2.08. The summed E-state index contributed by atoms with van der Waals surface area (Å²) in [5, 5.41) is 9.26. The number of aromatic nitrogens is 1. The van der Waals surface area contributed by atoms with Crippen molar-refractivity contribution >= 4 is 21.9 Å². The van der Waals surface area contributed by atoms with Crippen LogP contribution in [0.25, 0.3) is 0 Å². The van der Waals surface area contributed by atoms with Gasteiger partial charge >= 0.3 is 5.97 Å². The predicted molar refractivity (Wildman–Crippen MR) is 61.1 cm³/mol. The van der Waals surface area contributed by atoms with Crippen molar-refractivity contribution in [3.8, 4) is 0 Å². The number of ether oxygens (including phenoxy) is 1. The molecule has 5 heteroatoms. The van der Waals surface area contributed by atoms with Gasteiger partial charge in [0.1, 0.15) is 0 Å². The number of aliphatic carboxylic acids is 1. The number of carboxylic acid groups (broad SMARTS) is 1. The molecule has 1 N–H and O–H groups in total. The Labute approximate surface area is 102 Å². The third-order valence-corrected chi connectivity index (χ3v) is 3.33. The second-order valence-electron chi connectivity index (χ2n) is 4.03. The van der Waals surface area contributed by atoms with E-state index in [1.165, 1.54) is 0 Å². The summed E-state index contributed by atoms with van der Waals surface area (Å²) in [5.74, 6) is -0.797. The van der Waals surface area contributed by atoms with Crippen LogP contribution in [-0.4, -0.2) is 29.3 Å². The molecule has 86 valence electrons. The van der Waals surface area contributed by atoms with Crippen molar-refractivity contribution in [3.05, 3.63) is 28.5 Å². The zero-order valence-electron chi connectivity index (χ0n) is 8.65. The van der Waals surface area contributed by atoms with Gasteiger partial charge in [0.15, 0.2) is 0 Å². The molecule has 0 saturated carbocycles. The van der Waals surface area contributed by atoms with Crippen LogP contribution in [0.15, 0.2) is 22.8 Å². The summed E-state index contributed by atoms with van der Waals surface area (Å²) in [6.45, 7) is 0.795. The molecule has 1 aliphatic heterocycles. The lowest BCUT2D eigenvalue weighted by atomic mass is 9.82. The first kappa shape index (κ1) is 11.5. The van der Waals surface area contributed by atoms with Crippen LogP contribution in [0.3, 0.4) is 0 Å². The topological polar surface area (TPSA) is 59.4 Å². The molecule has 1 atom stereocenters. The van der Waals surface area contributed by atoms with Gasteiger partial charge in [-0.25, -0.2) is 0 Å². The van der Waals surface area contributed by atoms with Crippen molar-refractivity contribution < 1.29 is 14.6 Å². The van der Waals surface area contributed by atoms with E-state index in [1.54, 1.807) is 6.20 Å². The van der Waals surface area contributed by atoms with E-state index in [0.29, 0.717) is 19.4 Å². The fourth-order valence-electron chi connectivity index (χ4n) is 1.85. The molecule has 0 spiro atoms. The van der Waals surface area contributed by atoms with Crippen molar-refractivity contribution in [3.63, 3.8) is 0 Å². The van der Waals surface area contributed by atoms with Gasteiger partial charge in [-0.15, -0.1) is 0 Å². The summed E-state index contributed by atoms with van der Waals surface area (Å²) in [6, 6.07) is 3.71. The number of hydrogen-bond donors (Lipinski definition) is 1. The minimum Gasteiger partial charge on any atom is -0.481 e. The Morgan fingerprint density at radius 3 is 2.94 bits per heavy atom. The molecule has 1 saturated heterocycles. The Kier molecular flexibility index (Phi) is 3.25. The molecule has 0 amide bonds. The molecule has 1 aromatic rings. The lowest BCUT2D eigenvalue weighted by Gasteiger charge is -2.21. The SMILES string of the molecule is O=C(O)C1(Cc2ccc(Br)cn2)CCOC1. The number of rotatable bonds is 3. The van der Waals surface area contributed by atoms with Crippen LogP contribution in [-0.2, 0) is 16.0 Å². The average molecular weight is 286 g/mol. The van der Waals surface area contributed by atoms with E-state index in [1.807, 2.05) is 12.1 Å². The number of carboxylic acids is 1. The molecule has 1 aliphatic rings. The van der Waals surface area contributed by atoms with Gasteiger partial charge in [-0.2, -0.15) is 0 Å². The highest BCUT2D eigenvalue weighted by molar-refractivity contribution is 9.10. The fraction of sp³-hybridized carbons (Fsp3) is 0.455. The quantitative estimate of drug-likeness (QED) is 0.921. The molecule has 0 aromatic carbocycles. The van der Waals surface area contributed by atoms with Gasteiger partial charge in [0, 0.05) is 29.4 Å². The maximum absolute atomic E-state index is 11.3. The average Bonchev–Trinajstić information content (AvgIpc) is 2.71. The summed E-state index contributed by atoms with van der Waals surface area (Å²) < 4.78 is 6.09. The van der Waals surface area contributed by atoms with Crippen molar-refractivity contribution in [1.82, 2.24) is 4.98 Å². The maximum atomic E-state index is 11.3. The standard InChI is InChI=1S/C11H12BrNO3/c12-8-1-2-9(13-6-8)5-11(10(14)15)3-4-16-7-11/h1-2,6H,3-5,7H2,(H,14,15). The van der Waals surface area contributed by atoms with Crippen molar-refractivity contribution in [2.24, 2.45) is 5.41 Å². The monoisotopic (exact) mass is 285 g/mol. The van der Waals surface area contributed by atoms with E-state index in [2.05, 4.69) is 20.9 Å². The Morgan fingerprint density at radius 1 is 1.62 bits per heavy atom. The molecule has 2 rings (SSSR count). The van der Waals surface area contributed by atoms with E-state index in [0.717, 1.165) is 10.2 Å². The predicted octanol–water partition coefficient (Wildman–Crippen LogP) is 1.88. The summed E-state index contributed by atoms with van der Waals surface area (Å²) in [7, 11) is 0. The number of pyridine rings is 1. The Hall–Kier alpha value is -0.940. The second kappa shape index (κ2) is 4.51. The first-order valence-electron chi connectivity index (χ1n) is 5.04. The molecular weight excluding hydrogens is 274 g/mol. The third kappa shape index (κ3) is 2.25. The number of halogens is 1. The van der Waals surface area contributed by atoms with Crippen molar-refractivity contribution in [2.45, 2.75) is 12.8 Å². The highest BCUT2D eigenvalue weighted by Gasteiger charge is 2.42. The summed E-state index contributed by atoms with van der Waals surface area (Å²) in [4.78, 5) is 15.5.